The summed E-state index contributed by atoms with van der Waals surface area (Å²) in [5, 5.41) is 17.4. The number of aliphatic imine (C=N–C) groups is 1. The lowest BCUT2D eigenvalue weighted by Crippen LogP contribution is -2.45. The number of rotatable bonds is 6. The van der Waals surface area contributed by atoms with Crippen molar-refractivity contribution in [1.29, 1.82) is 0 Å². The smallest absolute Gasteiger partial charge is 0.191 e. The van der Waals surface area contributed by atoms with E-state index in [0.29, 0.717) is 18.6 Å². The third kappa shape index (κ3) is 6.80. The number of hydrogen-bond acceptors (Lipinski definition) is 4. The highest BCUT2D eigenvalue weighted by molar-refractivity contribution is 14.0. The van der Waals surface area contributed by atoms with E-state index in [-0.39, 0.29) is 24.0 Å². The number of benzene rings is 1. The summed E-state index contributed by atoms with van der Waals surface area (Å²) in [6, 6.07) is 11.6. The van der Waals surface area contributed by atoms with Gasteiger partial charge in [-0.1, -0.05) is 30.3 Å². The molecule has 3 N–H and O–H groups in total. The van der Waals surface area contributed by atoms with Crippen LogP contribution in [-0.2, 0) is 6.54 Å². The number of likely N-dealkylation sites (tertiary alicyclic amines) is 1. The first-order valence-corrected chi connectivity index (χ1v) is 10.9. The lowest BCUT2D eigenvalue weighted by molar-refractivity contribution is 0.0778. The summed E-state index contributed by atoms with van der Waals surface area (Å²) >= 11 is 1.81. The standard InChI is InChI=1S/C20H32N4OS.HI/c1-3-21-19(22-14-20(25)9-10-26-15-20)23-18-11-16(2)24(13-18)12-17-7-5-4-6-8-17;/h4-8,16,18,25H,3,9-15H2,1-2H3,(H2,21,22,23);1H. The minimum absolute atomic E-state index is 0. The number of halogens is 1. The largest absolute Gasteiger partial charge is 0.387 e. The molecule has 2 aliphatic heterocycles. The van der Waals surface area contributed by atoms with Crippen molar-refractivity contribution in [2.45, 2.75) is 50.9 Å². The van der Waals surface area contributed by atoms with Gasteiger partial charge in [-0.05, 0) is 38.0 Å². The maximum Gasteiger partial charge on any atom is 0.191 e. The van der Waals surface area contributed by atoms with Crippen LogP contribution in [0.4, 0.5) is 0 Å². The van der Waals surface area contributed by atoms with E-state index in [4.69, 9.17) is 0 Å². The van der Waals surface area contributed by atoms with E-state index in [9.17, 15) is 5.11 Å². The van der Waals surface area contributed by atoms with Crippen LogP contribution in [0, 0.1) is 0 Å². The number of hydrogen-bond donors (Lipinski definition) is 3. The fraction of sp³-hybridized carbons (Fsp3) is 0.650. The van der Waals surface area contributed by atoms with Crippen molar-refractivity contribution in [2.75, 3.05) is 31.1 Å². The molecule has 0 radical (unpaired) electrons. The average Bonchev–Trinajstić information content (AvgIpc) is 3.21. The van der Waals surface area contributed by atoms with E-state index in [0.717, 1.165) is 49.9 Å². The molecule has 0 amide bonds. The predicted octanol–water partition coefficient (Wildman–Crippen LogP) is 2.69. The summed E-state index contributed by atoms with van der Waals surface area (Å²) in [6.07, 6.45) is 1.95. The van der Waals surface area contributed by atoms with Gasteiger partial charge in [0.15, 0.2) is 5.96 Å². The van der Waals surface area contributed by atoms with Gasteiger partial charge in [0.2, 0.25) is 0 Å². The number of thioether (sulfide) groups is 1. The zero-order valence-corrected chi connectivity index (χ0v) is 19.5. The first kappa shape index (κ1) is 22.8. The molecule has 1 aromatic rings. The van der Waals surface area contributed by atoms with Gasteiger partial charge in [0, 0.05) is 37.5 Å². The zero-order chi connectivity index (χ0) is 18.4. The van der Waals surface area contributed by atoms with Gasteiger partial charge in [0.1, 0.15) is 0 Å². The molecule has 0 aliphatic carbocycles. The number of nitrogens with one attached hydrogen (secondary N) is 2. The fourth-order valence-electron chi connectivity index (χ4n) is 3.70. The van der Waals surface area contributed by atoms with Crippen LogP contribution in [0.25, 0.3) is 0 Å². The van der Waals surface area contributed by atoms with Crippen LogP contribution in [-0.4, -0.2) is 64.8 Å². The van der Waals surface area contributed by atoms with Crippen molar-refractivity contribution < 1.29 is 5.11 Å². The first-order chi connectivity index (χ1) is 12.6. The highest BCUT2D eigenvalue weighted by Crippen LogP contribution is 2.28. The van der Waals surface area contributed by atoms with Crippen molar-refractivity contribution in [3.63, 3.8) is 0 Å². The minimum atomic E-state index is -0.630. The highest BCUT2D eigenvalue weighted by atomic mass is 127. The molecule has 0 aromatic heterocycles. The molecule has 3 atom stereocenters. The molecule has 5 nitrogen and oxygen atoms in total. The molecule has 27 heavy (non-hydrogen) atoms. The summed E-state index contributed by atoms with van der Waals surface area (Å²) < 4.78 is 0. The predicted molar refractivity (Wildman–Crippen MR) is 126 cm³/mol. The second-order valence-electron chi connectivity index (χ2n) is 7.56. The zero-order valence-electron chi connectivity index (χ0n) is 16.4. The molecule has 3 rings (SSSR count). The van der Waals surface area contributed by atoms with E-state index in [1.807, 2.05) is 11.8 Å². The van der Waals surface area contributed by atoms with Gasteiger partial charge in [-0.3, -0.25) is 9.89 Å². The molecule has 0 spiro atoms. The molecular formula is C20H33IN4OS. The Morgan fingerprint density at radius 3 is 2.81 bits per heavy atom. The Labute approximate surface area is 184 Å². The Morgan fingerprint density at radius 2 is 2.15 bits per heavy atom. The number of guanidine groups is 1. The molecule has 0 bridgehead atoms. The molecule has 3 unspecified atom stereocenters. The van der Waals surface area contributed by atoms with Gasteiger partial charge < -0.3 is 15.7 Å². The molecule has 7 heteroatoms. The second-order valence-corrected chi connectivity index (χ2v) is 8.67. The molecule has 2 aliphatic rings. The summed E-state index contributed by atoms with van der Waals surface area (Å²) in [4.78, 5) is 7.20. The third-order valence-corrected chi connectivity index (χ3v) is 6.47. The van der Waals surface area contributed by atoms with Crippen molar-refractivity contribution in [1.82, 2.24) is 15.5 Å². The van der Waals surface area contributed by atoms with E-state index in [2.05, 4.69) is 64.7 Å². The highest BCUT2D eigenvalue weighted by Gasteiger charge is 2.32. The van der Waals surface area contributed by atoms with E-state index in [1.165, 1.54) is 5.56 Å². The summed E-state index contributed by atoms with van der Waals surface area (Å²) in [6.45, 7) is 7.69. The summed E-state index contributed by atoms with van der Waals surface area (Å²) in [5.74, 6) is 2.66. The van der Waals surface area contributed by atoms with Gasteiger partial charge in [-0.15, -0.1) is 24.0 Å². The molecule has 152 valence electrons. The quantitative estimate of drug-likeness (QED) is 0.316. The second kappa shape index (κ2) is 10.9. The van der Waals surface area contributed by atoms with Crippen molar-refractivity contribution >= 4 is 41.7 Å². The van der Waals surface area contributed by atoms with Crippen LogP contribution in [0.15, 0.2) is 35.3 Å². The van der Waals surface area contributed by atoms with Crippen LogP contribution in [0.5, 0.6) is 0 Å². The monoisotopic (exact) mass is 504 g/mol. The number of nitrogens with zero attached hydrogens (tertiary/aromatic N) is 2. The molecule has 2 saturated heterocycles. The Kier molecular flexibility index (Phi) is 9.18. The SMILES string of the molecule is CCNC(=NCC1(O)CCSC1)NC1CC(C)N(Cc2ccccc2)C1.I. The maximum absolute atomic E-state index is 10.5. The fourth-order valence-corrected chi connectivity index (χ4v) is 4.99. The maximum atomic E-state index is 10.5. The summed E-state index contributed by atoms with van der Waals surface area (Å²) in [7, 11) is 0. The molecular weight excluding hydrogens is 471 g/mol. The van der Waals surface area contributed by atoms with Gasteiger partial charge in [0.05, 0.1) is 12.1 Å². The van der Waals surface area contributed by atoms with Crippen LogP contribution in [0.1, 0.15) is 32.3 Å². The van der Waals surface area contributed by atoms with E-state index < -0.39 is 5.60 Å². The first-order valence-electron chi connectivity index (χ1n) is 9.71. The normalized spacial score (nSPS) is 28.8. The Morgan fingerprint density at radius 1 is 1.37 bits per heavy atom. The minimum Gasteiger partial charge on any atom is -0.387 e. The van der Waals surface area contributed by atoms with Gasteiger partial charge >= 0.3 is 0 Å². The summed E-state index contributed by atoms with van der Waals surface area (Å²) in [5.41, 5.74) is 0.733. The van der Waals surface area contributed by atoms with Crippen LogP contribution < -0.4 is 10.6 Å². The Bertz CT molecular complexity index is 595. The van der Waals surface area contributed by atoms with Crippen LogP contribution in [0.3, 0.4) is 0 Å². The van der Waals surface area contributed by atoms with Gasteiger partial charge in [-0.25, -0.2) is 0 Å². The van der Waals surface area contributed by atoms with Gasteiger partial charge in [0.25, 0.3) is 0 Å². The lowest BCUT2D eigenvalue weighted by Gasteiger charge is -2.22. The van der Waals surface area contributed by atoms with Crippen molar-refractivity contribution in [2.24, 2.45) is 4.99 Å². The van der Waals surface area contributed by atoms with Crippen molar-refractivity contribution in [3.8, 4) is 0 Å². The molecule has 0 saturated carbocycles. The van der Waals surface area contributed by atoms with E-state index in [1.54, 1.807) is 0 Å². The Hall–Kier alpha value is -0.510. The topological polar surface area (TPSA) is 59.9 Å². The van der Waals surface area contributed by atoms with Gasteiger partial charge in [-0.2, -0.15) is 11.8 Å². The molecule has 2 heterocycles. The average molecular weight is 504 g/mol. The lowest BCUT2D eigenvalue weighted by atomic mass is 10.0. The third-order valence-electron chi connectivity index (χ3n) is 5.23. The number of aliphatic hydroxyl groups is 1. The Balaban J connectivity index is 0.00000261. The molecule has 1 aromatic carbocycles. The van der Waals surface area contributed by atoms with Crippen LogP contribution in [0.2, 0.25) is 0 Å². The van der Waals surface area contributed by atoms with E-state index >= 15 is 0 Å². The van der Waals surface area contributed by atoms with Crippen molar-refractivity contribution in [3.05, 3.63) is 35.9 Å². The molecule has 2 fully saturated rings. The van der Waals surface area contributed by atoms with Crippen LogP contribution >= 0.6 is 35.7 Å².